The molecule has 6 nitrogen and oxygen atoms in total. The van der Waals surface area contributed by atoms with Crippen LogP contribution in [0.5, 0.6) is 0 Å². The van der Waals surface area contributed by atoms with Gasteiger partial charge >= 0.3 is 0 Å². The fourth-order valence-electron chi connectivity index (χ4n) is 1.15. The van der Waals surface area contributed by atoms with Crippen molar-refractivity contribution in [2.45, 2.75) is 6.92 Å². The third-order valence-corrected chi connectivity index (χ3v) is 1.82. The molecular weight excluding hydrogens is 184 g/mol. The number of carbonyl (C=O) groups is 1. The zero-order valence-electron chi connectivity index (χ0n) is 7.47. The molecule has 0 aromatic carbocycles. The van der Waals surface area contributed by atoms with Crippen LogP contribution in [0.25, 0.3) is 0 Å². The number of nitrogens with zero attached hydrogens (tertiary/aromatic N) is 3. The Kier molecular flexibility index (Phi) is 1.81. The molecular formula is C8H8N4O2. The van der Waals surface area contributed by atoms with Crippen LogP contribution in [-0.4, -0.2) is 20.8 Å². The standard InChI is InChI=1S/C8H8N4O2/c1-5-6(7(9)14-11-5)8(13)12-4-2-3-10-12/h2-4H,9H2,1H3. The summed E-state index contributed by atoms with van der Waals surface area (Å²) in [6.07, 6.45) is 3.05. The van der Waals surface area contributed by atoms with Gasteiger partial charge in [-0.05, 0) is 13.0 Å². The maximum Gasteiger partial charge on any atom is 0.285 e. The summed E-state index contributed by atoms with van der Waals surface area (Å²) >= 11 is 0. The smallest absolute Gasteiger partial charge is 0.285 e. The normalized spacial score (nSPS) is 10.4. The molecule has 0 fully saturated rings. The first-order valence-corrected chi connectivity index (χ1v) is 3.96. The Bertz CT molecular complexity index is 438. The molecule has 0 atom stereocenters. The third kappa shape index (κ3) is 1.17. The first kappa shape index (κ1) is 8.49. The van der Waals surface area contributed by atoms with Gasteiger partial charge < -0.3 is 10.3 Å². The molecule has 0 amide bonds. The van der Waals surface area contributed by atoms with Gasteiger partial charge in [0.05, 0.1) is 5.69 Å². The molecule has 0 spiro atoms. The van der Waals surface area contributed by atoms with Crippen molar-refractivity contribution in [2.75, 3.05) is 5.73 Å². The summed E-state index contributed by atoms with van der Waals surface area (Å²) in [6.45, 7) is 1.65. The van der Waals surface area contributed by atoms with Gasteiger partial charge in [0.15, 0.2) is 0 Å². The first-order chi connectivity index (χ1) is 6.70. The van der Waals surface area contributed by atoms with Crippen LogP contribution in [0.15, 0.2) is 23.0 Å². The minimum absolute atomic E-state index is 0.0167. The van der Waals surface area contributed by atoms with E-state index in [-0.39, 0.29) is 17.4 Å². The average Bonchev–Trinajstić information content (AvgIpc) is 2.75. The van der Waals surface area contributed by atoms with Crippen LogP contribution in [-0.2, 0) is 0 Å². The van der Waals surface area contributed by atoms with Gasteiger partial charge in [-0.2, -0.15) is 5.10 Å². The van der Waals surface area contributed by atoms with E-state index >= 15 is 0 Å². The highest BCUT2D eigenvalue weighted by atomic mass is 16.5. The first-order valence-electron chi connectivity index (χ1n) is 3.96. The van der Waals surface area contributed by atoms with E-state index in [2.05, 4.69) is 14.8 Å². The molecule has 0 aliphatic carbocycles. The Hall–Kier alpha value is -2.11. The number of carbonyl (C=O) groups excluding carboxylic acids is 1. The summed E-state index contributed by atoms with van der Waals surface area (Å²) < 4.78 is 5.86. The summed E-state index contributed by atoms with van der Waals surface area (Å²) in [7, 11) is 0. The van der Waals surface area contributed by atoms with Crippen molar-refractivity contribution in [2.24, 2.45) is 0 Å². The lowest BCUT2D eigenvalue weighted by Gasteiger charge is -1.97. The molecule has 2 aromatic heterocycles. The molecule has 2 rings (SSSR count). The number of rotatable bonds is 1. The van der Waals surface area contributed by atoms with Crippen molar-refractivity contribution in [3.05, 3.63) is 29.7 Å². The third-order valence-electron chi connectivity index (χ3n) is 1.82. The maximum absolute atomic E-state index is 11.7. The van der Waals surface area contributed by atoms with Gasteiger partial charge in [0.2, 0.25) is 5.88 Å². The van der Waals surface area contributed by atoms with E-state index in [1.807, 2.05) is 0 Å². The summed E-state index contributed by atoms with van der Waals surface area (Å²) in [5, 5.41) is 7.38. The lowest BCUT2D eigenvalue weighted by Crippen LogP contribution is -2.14. The summed E-state index contributed by atoms with van der Waals surface area (Å²) in [4.78, 5) is 11.7. The second-order valence-electron chi connectivity index (χ2n) is 2.76. The molecule has 2 heterocycles. The van der Waals surface area contributed by atoms with Crippen molar-refractivity contribution in [1.82, 2.24) is 14.9 Å². The number of nitrogens with two attached hydrogens (primary N) is 1. The largest absolute Gasteiger partial charge is 0.367 e. The van der Waals surface area contributed by atoms with E-state index in [0.717, 1.165) is 0 Å². The monoisotopic (exact) mass is 192 g/mol. The van der Waals surface area contributed by atoms with Gasteiger partial charge in [-0.25, -0.2) is 4.68 Å². The van der Waals surface area contributed by atoms with E-state index in [9.17, 15) is 4.79 Å². The SMILES string of the molecule is Cc1noc(N)c1C(=O)n1cccn1. The van der Waals surface area contributed by atoms with Crippen LogP contribution in [0.3, 0.4) is 0 Å². The van der Waals surface area contributed by atoms with E-state index in [0.29, 0.717) is 5.69 Å². The number of aromatic nitrogens is 3. The molecule has 72 valence electrons. The van der Waals surface area contributed by atoms with Crippen LogP contribution in [0.1, 0.15) is 16.1 Å². The molecule has 6 heteroatoms. The predicted molar refractivity (Wildman–Crippen MR) is 47.6 cm³/mol. The maximum atomic E-state index is 11.7. The molecule has 0 unspecified atom stereocenters. The fourth-order valence-corrected chi connectivity index (χ4v) is 1.15. The van der Waals surface area contributed by atoms with Crippen molar-refractivity contribution in [3.8, 4) is 0 Å². The van der Waals surface area contributed by atoms with E-state index < -0.39 is 0 Å². The molecule has 0 saturated heterocycles. The summed E-state index contributed by atoms with van der Waals surface area (Å²) in [5.74, 6) is -0.325. The van der Waals surface area contributed by atoms with Crippen molar-refractivity contribution >= 4 is 11.8 Å². The van der Waals surface area contributed by atoms with Crippen LogP contribution in [0.4, 0.5) is 5.88 Å². The lowest BCUT2D eigenvalue weighted by atomic mass is 10.2. The molecule has 0 bridgehead atoms. The molecule has 0 aliphatic heterocycles. The molecule has 14 heavy (non-hydrogen) atoms. The molecule has 2 aromatic rings. The van der Waals surface area contributed by atoms with E-state index in [4.69, 9.17) is 5.73 Å². The Morgan fingerprint density at radius 2 is 2.43 bits per heavy atom. The fraction of sp³-hybridized carbons (Fsp3) is 0.125. The highest BCUT2D eigenvalue weighted by molar-refractivity contribution is 5.99. The van der Waals surface area contributed by atoms with E-state index in [1.54, 1.807) is 13.0 Å². The molecule has 0 radical (unpaired) electrons. The molecule has 0 aliphatic rings. The molecule has 0 saturated carbocycles. The Morgan fingerprint density at radius 3 is 2.93 bits per heavy atom. The predicted octanol–water partition coefficient (Wildman–Crippen LogP) is 0.450. The van der Waals surface area contributed by atoms with Gasteiger partial charge in [-0.3, -0.25) is 4.79 Å². The summed E-state index contributed by atoms with van der Waals surface area (Å²) in [5.41, 5.74) is 6.18. The van der Waals surface area contributed by atoms with Gasteiger partial charge in [0.1, 0.15) is 5.56 Å². The zero-order valence-corrected chi connectivity index (χ0v) is 7.47. The van der Waals surface area contributed by atoms with Crippen molar-refractivity contribution in [3.63, 3.8) is 0 Å². The average molecular weight is 192 g/mol. The Morgan fingerprint density at radius 1 is 1.64 bits per heavy atom. The van der Waals surface area contributed by atoms with Crippen molar-refractivity contribution in [1.29, 1.82) is 0 Å². The second-order valence-corrected chi connectivity index (χ2v) is 2.76. The minimum Gasteiger partial charge on any atom is -0.367 e. The molecule has 2 N–H and O–H groups in total. The second kappa shape index (κ2) is 2.99. The number of anilines is 1. The topological polar surface area (TPSA) is 86.9 Å². The minimum atomic E-state index is -0.341. The van der Waals surface area contributed by atoms with Crippen molar-refractivity contribution < 1.29 is 9.32 Å². The van der Waals surface area contributed by atoms with E-state index in [1.165, 1.54) is 17.1 Å². The highest BCUT2D eigenvalue weighted by Gasteiger charge is 2.19. The highest BCUT2D eigenvalue weighted by Crippen LogP contribution is 2.16. The Balaban J connectivity index is 2.46. The number of hydrogen-bond acceptors (Lipinski definition) is 5. The van der Waals surface area contributed by atoms with Gasteiger partial charge in [0, 0.05) is 12.4 Å². The number of nitrogen functional groups attached to an aromatic ring is 1. The summed E-state index contributed by atoms with van der Waals surface area (Å²) in [6, 6.07) is 1.65. The van der Waals surface area contributed by atoms with Crippen LogP contribution in [0, 0.1) is 6.92 Å². The van der Waals surface area contributed by atoms with Gasteiger partial charge in [-0.15, -0.1) is 0 Å². The Labute approximate surface area is 79.3 Å². The van der Waals surface area contributed by atoms with Crippen LogP contribution < -0.4 is 5.73 Å². The van der Waals surface area contributed by atoms with Crippen LogP contribution >= 0.6 is 0 Å². The number of hydrogen-bond donors (Lipinski definition) is 1. The van der Waals surface area contributed by atoms with Gasteiger partial charge in [0.25, 0.3) is 5.91 Å². The zero-order chi connectivity index (χ0) is 10.1. The van der Waals surface area contributed by atoms with Crippen LogP contribution in [0.2, 0.25) is 0 Å². The van der Waals surface area contributed by atoms with Gasteiger partial charge in [-0.1, -0.05) is 5.16 Å². The quantitative estimate of drug-likeness (QED) is 0.708. The number of aryl methyl sites for hydroxylation is 1. The lowest BCUT2D eigenvalue weighted by molar-refractivity contribution is 0.0945.